The number of rotatable bonds is 5. The topological polar surface area (TPSA) is 58.2 Å². The van der Waals surface area contributed by atoms with E-state index >= 15 is 0 Å². The predicted molar refractivity (Wildman–Crippen MR) is 89.1 cm³/mol. The Bertz CT molecular complexity index is 544. The molecular weight excluding hydrogens is 284 g/mol. The Morgan fingerprint density at radius 3 is 2.05 bits per heavy atom. The monoisotopic (exact) mass is 310 g/mol. The van der Waals surface area contributed by atoms with Gasteiger partial charge in [0.1, 0.15) is 0 Å². The Morgan fingerprint density at radius 1 is 1.00 bits per heavy atom. The van der Waals surface area contributed by atoms with Crippen molar-refractivity contribution in [2.45, 2.75) is 46.1 Å². The van der Waals surface area contributed by atoms with Gasteiger partial charge in [0.05, 0.1) is 5.75 Å². The lowest BCUT2D eigenvalue weighted by Crippen LogP contribution is -2.30. The molecular formula is C16H26N2O2S. The molecule has 0 spiro atoms. The van der Waals surface area contributed by atoms with Crippen LogP contribution in [0.5, 0.6) is 0 Å². The van der Waals surface area contributed by atoms with Crippen LogP contribution in [0.3, 0.4) is 0 Å². The lowest BCUT2D eigenvalue weighted by Gasteiger charge is -2.32. The van der Waals surface area contributed by atoms with Crippen LogP contribution in [0.4, 0.5) is 11.4 Å². The van der Waals surface area contributed by atoms with Gasteiger partial charge in [-0.2, -0.15) is 0 Å². The third-order valence-corrected chi connectivity index (χ3v) is 5.39. The van der Waals surface area contributed by atoms with Gasteiger partial charge in [-0.3, -0.25) is 4.72 Å². The molecule has 0 amide bonds. The van der Waals surface area contributed by atoms with Crippen molar-refractivity contribution in [3.05, 3.63) is 24.3 Å². The summed E-state index contributed by atoms with van der Waals surface area (Å²) in [7, 11) is -3.20. The molecule has 0 heterocycles. The molecule has 1 aromatic rings. The van der Waals surface area contributed by atoms with Crippen LogP contribution in [0.15, 0.2) is 24.3 Å². The smallest absolute Gasteiger partial charge is 0.232 e. The van der Waals surface area contributed by atoms with E-state index in [4.69, 9.17) is 0 Å². The van der Waals surface area contributed by atoms with Crippen LogP contribution in [-0.2, 0) is 10.0 Å². The molecule has 1 aliphatic carbocycles. The molecule has 1 aliphatic rings. The van der Waals surface area contributed by atoms with E-state index in [0.717, 1.165) is 17.5 Å². The lowest BCUT2D eigenvalue weighted by molar-refractivity contribution is 0.281. The van der Waals surface area contributed by atoms with E-state index in [0.29, 0.717) is 11.7 Å². The number of anilines is 2. The van der Waals surface area contributed by atoms with Gasteiger partial charge in [0, 0.05) is 17.4 Å². The van der Waals surface area contributed by atoms with Crippen molar-refractivity contribution in [1.82, 2.24) is 0 Å². The molecule has 1 saturated carbocycles. The maximum Gasteiger partial charge on any atom is 0.232 e. The largest absolute Gasteiger partial charge is 0.382 e. The third-order valence-electron chi connectivity index (χ3n) is 4.09. The Balaban J connectivity index is 1.96. The summed E-state index contributed by atoms with van der Waals surface area (Å²) in [6.07, 6.45) is 3.72. The second-order valence-electron chi connectivity index (χ2n) is 6.34. The summed E-state index contributed by atoms with van der Waals surface area (Å²) in [4.78, 5) is 0. The molecule has 2 atom stereocenters. The van der Waals surface area contributed by atoms with E-state index < -0.39 is 10.0 Å². The quantitative estimate of drug-likeness (QED) is 0.872. The van der Waals surface area contributed by atoms with Crippen molar-refractivity contribution < 1.29 is 8.42 Å². The van der Waals surface area contributed by atoms with Gasteiger partial charge in [0.25, 0.3) is 0 Å². The first-order chi connectivity index (χ1) is 9.88. The van der Waals surface area contributed by atoms with Gasteiger partial charge in [-0.15, -0.1) is 0 Å². The highest BCUT2D eigenvalue weighted by molar-refractivity contribution is 7.92. The van der Waals surface area contributed by atoms with E-state index in [1.165, 1.54) is 19.3 Å². The van der Waals surface area contributed by atoms with Gasteiger partial charge < -0.3 is 5.32 Å². The van der Waals surface area contributed by atoms with Gasteiger partial charge in [-0.1, -0.05) is 13.8 Å². The Kier molecular flexibility index (Phi) is 5.14. The van der Waals surface area contributed by atoms with Crippen molar-refractivity contribution in [2.75, 3.05) is 15.8 Å². The molecule has 0 bridgehead atoms. The van der Waals surface area contributed by atoms with Crippen molar-refractivity contribution in [2.24, 2.45) is 11.8 Å². The fraction of sp³-hybridized carbons (Fsp3) is 0.625. The molecule has 5 heteroatoms. The zero-order chi connectivity index (χ0) is 15.5. The van der Waals surface area contributed by atoms with Gasteiger partial charge in [0.2, 0.25) is 10.0 Å². The highest BCUT2D eigenvalue weighted by Gasteiger charge is 2.23. The van der Waals surface area contributed by atoms with Gasteiger partial charge in [-0.25, -0.2) is 8.42 Å². The first kappa shape index (κ1) is 16.1. The fourth-order valence-corrected chi connectivity index (χ4v) is 3.83. The van der Waals surface area contributed by atoms with Gasteiger partial charge >= 0.3 is 0 Å². The molecule has 0 aromatic heterocycles. The molecule has 1 fully saturated rings. The van der Waals surface area contributed by atoms with E-state index in [-0.39, 0.29) is 5.75 Å². The number of nitrogens with one attached hydrogen (secondary N) is 2. The van der Waals surface area contributed by atoms with Gasteiger partial charge in [0.15, 0.2) is 0 Å². The first-order valence-electron chi connectivity index (χ1n) is 7.75. The number of hydrogen-bond acceptors (Lipinski definition) is 3. The zero-order valence-corrected chi connectivity index (χ0v) is 13.9. The normalized spacial score (nSPS) is 26.3. The summed E-state index contributed by atoms with van der Waals surface area (Å²) >= 11 is 0. The Labute approximate surface area is 128 Å². The Hall–Kier alpha value is -1.23. The zero-order valence-electron chi connectivity index (χ0n) is 13.1. The summed E-state index contributed by atoms with van der Waals surface area (Å²) in [6, 6.07) is 8.02. The summed E-state index contributed by atoms with van der Waals surface area (Å²) in [5, 5.41) is 3.57. The first-order valence-corrected chi connectivity index (χ1v) is 9.40. The standard InChI is InChI=1S/C16H26N2O2S/c1-4-21(19,20)18-15-7-5-14(6-8-15)17-16-10-12(2)9-13(3)11-16/h5-8,12-13,16-18H,4,9-11H2,1-3H3. The predicted octanol–water partition coefficient (Wildman–Crippen LogP) is 3.68. The van der Waals surface area contributed by atoms with Crippen LogP contribution in [0.25, 0.3) is 0 Å². The van der Waals surface area contributed by atoms with Crippen molar-refractivity contribution in [3.8, 4) is 0 Å². The highest BCUT2D eigenvalue weighted by Crippen LogP contribution is 2.30. The molecule has 2 unspecified atom stereocenters. The minimum absolute atomic E-state index is 0.0881. The van der Waals surface area contributed by atoms with Crippen LogP contribution < -0.4 is 10.0 Å². The van der Waals surface area contributed by atoms with Crippen molar-refractivity contribution >= 4 is 21.4 Å². The summed E-state index contributed by atoms with van der Waals surface area (Å²) in [5.41, 5.74) is 1.67. The lowest BCUT2D eigenvalue weighted by atomic mass is 9.80. The van der Waals surface area contributed by atoms with E-state index in [9.17, 15) is 8.42 Å². The SMILES string of the molecule is CCS(=O)(=O)Nc1ccc(NC2CC(C)CC(C)C2)cc1. The second kappa shape index (κ2) is 6.69. The molecule has 0 saturated heterocycles. The minimum Gasteiger partial charge on any atom is -0.382 e. The molecule has 0 radical (unpaired) electrons. The number of hydrogen-bond donors (Lipinski definition) is 2. The van der Waals surface area contributed by atoms with Crippen LogP contribution in [-0.4, -0.2) is 20.2 Å². The van der Waals surface area contributed by atoms with Crippen LogP contribution >= 0.6 is 0 Å². The van der Waals surface area contributed by atoms with Crippen LogP contribution in [0.2, 0.25) is 0 Å². The van der Waals surface area contributed by atoms with Crippen LogP contribution in [0.1, 0.15) is 40.0 Å². The molecule has 0 aliphatic heterocycles. The fourth-order valence-electron chi connectivity index (χ4n) is 3.19. The molecule has 21 heavy (non-hydrogen) atoms. The van der Waals surface area contributed by atoms with Crippen molar-refractivity contribution in [3.63, 3.8) is 0 Å². The average Bonchev–Trinajstić information content (AvgIpc) is 2.39. The molecule has 118 valence electrons. The van der Waals surface area contributed by atoms with Gasteiger partial charge in [-0.05, 0) is 62.3 Å². The van der Waals surface area contributed by atoms with E-state index in [1.807, 2.05) is 24.3 Å². The number of sulfonamides is 1. The maximum absolute atomic E-state index is 11.5. The van der Waals surface area contributed by atoms with Crippen molar-refractivity contribution in [1.29, 1.82) is 0 Å². The average molecular weight is 310 g/mol. The second-order valence-corrected chi connectivity index (χ2v) is 8.35. The maximum atomic E-state index is 11.5. The van der Waals surface area contributed by atoms with Crippen LogP contribution in [0, 0.1) is 11.8 Å². The summed E-state index contributed by atoms with van der Waals surface area (Å²) in [5.74, 6) is 1.62. The summed E-state index contributed by atoms with van der Waals surface area (Å²) < 4.78 is 25.6. The molecule has 2 N–H and O–H groups in total. The molecule has 4 nitrogen and oxygen atoms in total. The molecule has 1 aromatic carbocycles. The highest BCUT2D eigenvalue weighted by atomic mass is 32.2. The third kappa shape index (κ3) is 4.92. The van der Waals surface area contributed by atoms with E-state index in [2.05, 4.69) is 23.9 Å². The Morgan fingerprint density at radius 2 is 1.52 bits per heavy atom. The number of benzene rings is 1. The molecule has 2 rings (SSSR count). The van der Waals surface area contributed by atoms with E-state index in [1.54, 1.807) is 6.92 Å². The minimum atomic E-state index is -3.20. The summed E-state index contributed by atoms with van der Waals surface area (Å²) in [6.45, 7) is 6.25.